The molecule has 0 spiro atoms. The average molecular weight is 277 g/mol. The van der Waals surface area contributed by atoms with Crippen LogP contribution < -0.4 is 0 Å². The average Bonchev–Trinajstić information content (AvgIpc) is 2.95. The maximum absolute atomic E-state index is 11.8. The van der Waals surface area contributed by atoms with Gasteiger partial charge in [0, 0.05) is 5.02 Å². The van der Waals surface area contributed by atoms with Gasteiger partial charge in [-0.15, -0.1) is 5.11 Å². The smallest absolute Gasteiger partial charge is 0.251 e. The molecule has 1 aromatic heterocycles. The second-order valence-electron chi connectivity index (χ2n) is 3.50. The van der Waals surface area contributed by atoms with E-state index in [1.807, 2.05) is 0 Å². The van der Waals surface area contributed by atoms with E-state index in [4.69, 9.17) is 21.1 Å². The summed E-state index contributed by atoms with van der Waals surface area (Å²) in [5.74, 6) is -0.472. The molecule has 1 aromatic carbocycles. The molecular formula is C13H9ClN2O3. The van der Waals surface area contributed by atoms with Crippen molar-refractivity contribution in [2.24, 2.45) is 10.2 Å². The van der Waals surface area contributed by atoms with Gasteiger partial charge >= 0.3 is 0 Å². The summed E-state index contributed by atoms with van der Waals surface area (Å²) in [6, 6.07) is 9.61. The summed E-state index contributed by atoms with van der Waals surface area (Å²) in [4.78, 5) is 11.8. The maximum Gasteiger partial charge on any atom is 0.251 e. The van der Waals surface area contributed by atoms with Crippen molar-refractivity contribution < 1.29 is 14.3 Å². The van der Waals surface area contributed by atoms with E-state index in [0.717, 1.165) is 0 Å². The van der Waals surface area contributed by atoms with Gasteiger partial charge in [0.2, 0.25) is 0 Å². The molecule has 5 nitrogen and oxygen atoms in total. The Labute approximate surface area is 113 Å². The molecular weight excluding hydrogens is 268 g/mol. The van der Waals surface area contributed by atoms with Crippen LogP contribution in [0.5, 0.6) is 0 Å². The van der Waals surface area contributed by atoms with Gasteiger partial charge in [0.15, 0.2) is 11.5 Å². The fraction of sp³-hybridized carbons (Fsp3) is 0. The van der Waals surface area contributed by atoms with Crippen LogP contribution in [0.1, 0.15) is 10.6 Å². The number of hydrogen-bond acceptors (Lipinski definition) is 5. The monoisotopic (exact) mass is 276 g/mol. The van der Waals surface area contributed by atoms with Gasteiger partial charge in [0.1, 0.15) is 6.26 Å². The number of hydrogen-bond donors (Lipinski definition) is 1. The first kappa shape index (κ1) is 13.0. The molecule has 6 heteroatoms. The van der Waals surface area contributed by atoms with Crippen LogP contribution in [0.25, 0.3) is 0 Å². The minimum atomic E-state index is -0.551. The molecule has 0 amide bonds. The highest BCUT2D eigenvalue weighted by Gasteiger charge is 2.14. The van der Waals surface area contributed by atoms with Crippen LogP contribution in [-0.4, -0.2) is 10.9 Å². The number of azo groups is 1. The van der Waals surface area contributed by atoms with E-state index in [1.54, 1.807) is 30.3 Å². The van der Waals surface area contributed by atoms with E-state index in [-0.39, 0.29) is 11.5 Å². The number of benzene rings is 1. The third-order valence-electron chi connectivity index (χ3n) is 2.20. The number of aliphatic hydroxyl groups is 1. The molecule has 96 valence electrons. The second-order valence-corrected chi connectivity index (χ2v) is 3.93. The van der Waals surface area contributed by atoms with Gasteiger partial charge in [-0.05, 0) is 36.4 Å². The third kappa shape index (κ3) is 3.29. The van der Waals surface area contributed by atoms with Crippen LogP contribution in [0.3, 0.4) is 0 Å². The van der Waals surface area contributed by atoms with Crippen molar-refractivity contribution in [1.82, 2.24) is 0 Å². The Kier molecular flexibility index (Phi) is 4.10. The number of furan rings is 1. The van der Waals surface area contributed by atoms with Crippen molar-refractivity contribution in [3.63, 3.8) is 0 Å². The first-order valence-electron chi connectivity index (χ1n) is 5.30. The van der Waals surface area contributed by atoms with Gasteiger partial charge in [-0.2, -0.15) is 5.11 Å². The Morgan fingerprint density at radius 2 is 2.00 bits per heavy atom. The quantitative estimate of drug-likeness (QED) is 0.391. The van der Waals surface area contributed by atoms with Gasteiger partial charge in [0.25, 0.3) is 5.78 Å². The zero-order chi connectivity index (χ0) is 13.7. The van der Waals surface area contributed by atoms with Crippen molar-refractivity contribution in [3.8, 4) is 0 Å². The molecule has 0 radical (unpaired) electrons. The summed E-state index contributed by atoms with van der Waals surface area (Å²) in [7, 11) is 0. The molecule has 1 N–H and O–H groups in total. The molecule has 0 bridgehead atoms. The number of Topliss-reactive ketones (excluding diaryl/α,β-unsaturated/α-hetero) is 1. The Balaban J connectivity index is 2.16. The van der Waals surface area contributed by atoms with Crippen LogP contribution in [0, 0.1) is 0 Å². The molecule has 0 unspecified atom stereocenters. The molecule has 2 aromatic rings. The molecule has 0 aliphatic rings. The minimum absolute atomic E-state index is 0.0790. The van der Waals surface area contributed by atoms with Crippen LogP contribution in [-0.2, 0) is 0 Å². The molecule has 0 aliphatic carbocycles. The van der Waals surface area contributed by atoms with E-state index in [0.29, 0.717) is 17.0 Å². The van der Waals surface area contributed by atoms with Crippen LogP contribution in [0.15, 0.2) is 69.3 Å². The van der Waals surface area contributed by atoms with Crippen LogP contribution >= 0.6 is 11.6 Å². The fourth-order valence-corrected chi connectivity index (χ4v) is 1.41. The number of ketones is 1. The Bertz CT molecular complexity index is 616. The number of aliphatic hydroxyl groups excluding tert-OH is 1. The molecule has 0 fully saturated rings. The summed E-state index contributed by atoms with van der Waals surface area (Å²) in [5, 5.41) is 17.1. The van der Waals surface area contributed by atoms with Crippen molar-refractivity contribution >= 4 is 23.1 Å². The summed E-state index contributed by atoms with van der Waals surface area (Å²) in [6.07, 6.45) is 1.95. The highest BCUT2D eigenvalue weighted by atomic mass is 35.5. The first-order valence-corrected chi connectivity index (χ1v) is 5.68. The standard InChI is InChI=1S/C13H9ClN2O3/c14-9-3-5-10(6-4-9)15-16-11(8-17)13(18)12-2-1-7-19-12/h1-8,17H/b11-8+,16-15?. The van der Waals surface area contributed by atoms with Gasteiger partial charge in [-0.3, -0.25) is 4.79 Å². The number of allylic oxidation sites excluding steroid dienone is 1. The van der Waals surface area contributed by atoms with Crippen molar-refractivity contribution in [1.29, 1.82) is 0 Å². The van der Waals surface area contributed by atoms with Crippen molar-refractivity contribution in [3.05, 3.63) is 65.4 Å². The predicted molar refractivity (Wildman–Crippen MR) is 69.7 cm³/mol. The largest absolute Gasteiger partial charge is 0.513 e. The van der Waals surface area contributed by atoms with Gasteiger partial charge in [-0.25, -0.2) is 0 Å². The Morgan fingerprint density at radius 3 is 2.58 bits per heavy atom. The van der Waals surface area contributed by atoms with Crippen LogP contribution in [0.4, 0.5) is 5.69 Å². The summed E-state index contributed by atoms with van der Waals surface area (Å²) >= 11 is 5.73. The molecule has 1 heterocycles. The lowest BCUT2D eigenvalue weighted by atomic mass is 10.2. The topological polar surface area (TPSA) is 75.2 Å². The van der Waals surface area contributed by atoms with Crippen molar-refractivity contribution in [2.45, 2.75) is 0 Å². The molecule has 0 atom stereocenters. The SMILES string of the molecule is O=C(/C(=C\O)N=Nc1ccc(Cl)cc1)c1ccco1. The Morgan fingerprint density at radius 1 is 1.26 bits per heavy atom. The zero-order valence-corrected chi connectivity index (χ0v) is 10.4. The zero-order valence-electron chi connectivity index (χ0n) is 9.65. The van der Waals surface area contributed by atoms with E-state index < -0.39 is 5.78 Å². The van der Waals surface area contributed by atoms with E-state index >= 15 is 0 Å². The molecule has 19 heavy (non-hydrogen) atoms. The van der Waals surface area contributed by atoms with E-state index in [1.165, 1.54) is 12.3 Å². The lowest BCUT2D eigenvalue weighted by Crippen LogP contribution is -1.99. The Hall–Kier alpha value is -2.40. The summed E-state index contributed by atoms with van der Waals surface area (Å²) in [5.41, 5.74) is 0.292. The maximum atomic E-state index is 11.8. The van der Waals surface area contributed by atoms with Gasteiger partial charge < -0.3 is 9.52 Å². The lowest BCUT2D eigenvalue weighted by Gasteiger charge is -1.96. The van der Waals surface area contributed by atoms with E-state index in [9.17, 15) is 4.79 Å². The fourth-order valence-electron chi connectivity index (χ4n) is 1.28. The third-order valence-corrected chi connectivity index (χ3v) is 2.45. The number of rotatable bonds is 4. The predicted octanol–water partition coefficient (Wildman–Crippen LogP) is 4.30. The molecule has 0 saturated heterocycles. The summed E-state index contributed by atoms with van der Waals surface area (Å²) in [6.45, 7) is 0. The number of carbonyl (C=O) groups excluding carboxylic acids is 1. The normalized spacial score (nSPS) is 11.9. The van der Waals surface area contributed by atoms with E-state index in [2.05, 4.69) is 10.2 Å². The number of halogens is 1. The summed E-state index contributed by atoms with van der Waals surface area (Å²) < 4.78 is 4.93. The molecule has 2 rings (SSSR count). The highest BCUT2D eigenvalue weighted by Crippen LogP contribution is 2.18. The highest BCUT2D eigenvalue weighted by molar-refractivity contribution is 6.30. The number of carbonyl (C=O) groups is 1. The first-order chi connectivity index (χ1) is 9.20. The lowest BCUT2D eigenvalue weighted by molar-refractivity contribution is 0.0999. The minimum Gasteiger partial charge on any atom is -0.513 e. The molecule has 0 aliphatic heterocycles. The molecule has 0 saturated carbocycles. The van der Waals surface area contributed by atoms with Gasteiger partial charge in [0.05, 0.1) is 12.0 Å². The van der Waals surface area contributed by atoms with Gasteiger partial charge in [-0.1, -0.05) is 11.6 Å². The number of nitrogens with zero attached hydrogens (tertiary/aromatic N) is 2. The second kappa shape index (κ2) is 5.97. The van der Waals surface area contributed by atoms with Crippen molar-refractivity contribution in [2.75, 3.05) is 0 Å². The van der Waals surface area contributed by atoms with Crippen LogP contribution in [0.2, 0.25) is 5.02 Å².